The molecule has 26 heavy (non-hydrogen) atoms. The molecule has 0 N–H and O–H groups in total. The first-order valence-corrected chi connectivity index (χ1v) is 9.61. The Hall–Kier alpha value is -2.02. The highest BCUT2D eigenvalue weighted by molar-refractivity contribution is 7.18. The fourth-order valence-corrected chi connectivity index (χ4v) is 4.29. The van der Waals surface area contributed by atoms with Crippen LogP contribution in [-0.4, -0.2) is 46.9 Å². The van der Waals surface area contributed by atoms with E-state index < -0.39 is 5.82 Å². The number of fused-ring (bicyclic) bond motifs is 1. The summed E-state index contributed by atoms with van der Waals surface area (Å²) in [6.07, 6.45) is 0. The Morgan fingerprint density at radius 3 is 2.65 bits per heavy atom. The van der Waals surface area contributed by atoms with Gasteiger partial charge in [-0.25, -0.2) is 9.37 Å². The predicted molar refractivity (Wildman–Crippen MR) is 102 cm³/mol. The van der Waals surface area contributed by atoms with Crippen molar-refractivity contribution in [3.8, 4) is 0 Å². The maximum Gasteiger partial charge on any atom is 0.256 e. The van der Waals surface area contributed by atoms with Crippen molar-refractivity contribution in [1.82, 2.24) is 14.8 Å². The standard InChI is InChI=1S/C19H17ClFN3OS/c20-13-5-6-14(15(21)11-13)19(25)24-9-7-23(8-10-24)12-18-22-16-3-1-2-4-17(16)26-18/h1-6,11H,7-10,12H2. The fraction of sp³-hybridized carbons (Fsp3) is 0.263. The van der Waals surface area contributed by atoms with Gasteiger partial charge in [-0.05, 0) is 30.3 Å². The number of benzene rings is 2. The van der Waals surface area contributed by atoms with E-state index in [0.29, 0.717) is 18.1 Å². The van der Waals surface area contributed by atoms with Gasteiger partial charge in [-0.1, -0.05) is 23.7 Å². The van der Waals surface area contributed by atoms with Gasteiger partial charge in [-0.2, -0.15) is 0 Å². The Kier molecular flexibility index (Phi) is 4.89. The molecule has 7 heteroatoms. The summed E-state index contributed by atoms with van der Waals surface area (Å²) in [5.41, 5.74) is 1.11. The van der Waals surface area contributed by atoms with Gasteiger partial charge in [0, 0.05) is 31.2 Å². The summed E-state index contributed by atoms with van der Waals surface area (Å²) in [7, 11) is 0. The molecule has 0 radical (unpaired) electrons. The molecule has 134 valence electrons. The molecule has 4 nitrogen and oxygen atoms in total. The van der Waals surface area contributed by atoms with Crippen molar-refractivity contribution in [2.75, 3.05) is 26.2 Å². The van der Waals surface area contributed by atoms with Crippen LogP contribution in [-0.2, 0) is 6.54 Å². The number of thiazole rings is 1. The fourth-order valence-electron chi connectivity index (χ4n) is 3.12. The predicted octanol–water partition coefficient (Wildman–Crippen LogP) is 4.05. The summed E-state index contributed by atoms with van der Waals surface area (Å²) < 4.78 is 15.2. The van der Waals surface area contributed by atoms with Crippen molar-refractivity contribution in [2.45, 2.75) is 6.54 Å². The number of hydrogen-bond donors (Lipinski definition) is 0. The minimum Gasteiger partial charge on any atom is -0.336 e. The summed E-state index contributed by atoms with van der Waals surface area (Å²) in [5.74, 6) is -0.849. The maximum atomic E-state index is 14.0. The number of amides is 1. The third-order valence-corrected chi connectivity index (χ3v) is 5.77. The summed E-state index contributed by atoms with van der Waals surface area (Å²) in [6, 6.07) is 12.3. The van der Waals surface area contributed by atoms with Gasteiger partial charge in [0.25, 0.3) is 5.91 Å². The number of piperazine rings is 1. The van der Waals surface area contributed by atoms with Crippen molar-refractivity contribution in [3.05, 3.63) is 63.9 Å². The van der Waals surface area contributed by atoms with Gasteiger partial charge in [0.1, 0.15) is 10.8 Å². The van der Waals surface area contributed by atoms with Crippen molar-refractivity contribution >= 4 is 39.1 Å². The molecule has 3 aromatic rings. The second-order valence-corrected chi connectivity index (χ2v) is 7.82. The van der Waals surface area contributed by atoms with E-state index in [9.17, 15) is 9.18 Å². The van der Waals surface area contributed by atoms with Gasteiger partial charge in [-0.3, -0.25) is 9.69 Å². The summed E-state index contributed by atoms with van der Waals surface area (Å²) in [5, 5.41) is 1.37. The van der Waals surface area contributed by atoms with E-state index in [0.717, 1.165) is 30.2 Å². The van der Waals surface area contributed by atoms with E-state index in [2.05, 4.69) is 16.0 Å². The highest BCUT2D eigenvalue weighted by atomic mass is 35.5. The summed E-state index contributed by atoms with van der Waals surface area (Å²) in [6.45, 7) is 3.42. The Labute approximate surface area is 159 Å². The minimum absolute atomic E-state index is 0.0778. The third-order valence-electron chi connectivity index (χ3n) is 4.52. The smallest absolute Gasteiger partial charge is 0.256 e. The lowest BCUT2D eigenvalue weighted by Gasteiger charge is -2.34. The van der Waals surface area contributed by atoms with Crippen LogP contribution in [0.5, 0.6) is 0 Å². The number of carbonyl (C=O) groups excluding carboxylic acids is 1. The van der Waals surface area contributed by atoms with Crippen LogP contribution in [0.25, 0.3) is 10.2 Å². The number of para-hydroxylation sites is 1. The van der Waals surface area contributed by atoms with E-state index in [1.807, 2.05) is 18.2 Å². The quantitative estimate of drug-likeness (QED) is 0.678. The highest BCUT2D eigenvalue weighted by Crippen LogP contribution is 2.23. The summed E-state index contributed by atoms with van der Waals surface area (Å²) >= 11 is 7.46. The zero-order valence-electron chi connectivity index (χ0n) is 14.0. The minimum atomic E-state index is -0.570. The molecule has 1 fully saturated rings. The first kappa shape index (κ1) is 17.4. The number of aromatic nitrogens is 1. The van der Waals surface area contributed by atoms with Crippen molar-refractivity contribution in [2.24, 2.45) is 0 Å². The van der Waals surface area contributed by atoms with Gasteiger partial charge in [0.05, 0.1) is 22.3 Å². The molecule has 0 aliphatic carbocycles. The molecular formula is C19H17ClFN3OS. The molecule has 2 heterocycles. The van der Waals surface area contributed by atoms with E-state index in [1.54, 1.807) is 22.3 Å². The van der Waals surface area contributed by atoms with Gasteiger partial charge >= 0.3 is 0 Å². The Balaban J connectivity index is 1.38. The van der Waals surface area contributed by atoms with Crippen LogP contribution in [0.1, 0.15) is 15.4 Å². The van der Waals surface area contributed by atoms with Gasteiger partial charge in [0.2, 0.25) is 0 Å². The number of hydrogen-bond acceptors (Lipinski definition) is 4. The normalized spacial score (nSPS) is 15.5. The van der Waals surface area contributed by atoms with Crippen LogP contribution in [0.4, 0.5) is 4.39 Å². The monoisotopic (exact) mass is 389 g/mol. The number of halogens is 2. The van der Waals surface area contributed by atoms with E-state index in [4.69, 9.17) is 11.6 Å². The summed E-state index contributed by atoms with van der Waals surface area (Å²) in [4.78, 5) is 21.2. The van der Waals surface area contributed by atoms with Crippen LogP contribution >= 0.6 is 22.9 Å². The third kappa shape index (κ3) is 3.58. The van der Waals surface area contributed by atoms with Crippen molar-refractivity contribution in [1.29, 1.82) is 0 Å². The molecule has 0 atom stereocenters. The number of carbonyl (C=O) groups is 1. The second kappa shape index (κ2) is 7.31. The molecule has 1 aliphatic rings. The lowest BCUT2D eigenvalue weighted by Crippen LogP contribution is -2.48. The average Bonchev–Trinajstić information content (AvgIpc) is 3.04. The van der Waals surface area contributed by atoms with Crippen molar-refractivity contribution in [3.63, 3.8) is 0 Å². The van der Waals surface area contributed by atoms with E-state index in [1.165, 1.54) is 16.8 Å². The lowest BCUT2D eigenvalue weighted by molar-refractivity contribution is 0.0624. The molecule has 2 aromatic carbocycles. The molecular weight excluding hydrogens is 373 g/mol. The van der Waals surface area contributed by atoms with Crippen molar-refractivity contribution < 1.29 is 9.18 Å². The van der Waals surface area contributed by atoms with E-state index >= 15 is 0 Å². The van der Waals surface area contributed by atoms with Crippen LogP contribution < -0.4 is 0 Å². The first-order chi connectivity index (χ1) is 12.6. The molecule has 0 unspecified atom stereocenters. The zero-order chi connectivity index (χ0) is 18.1. The van der Waals surface area contributed by atoms with Gasteiger partial charge in [-0.15, -0.1) is 11.3 Å². The molecule has 1 amide bonds. The second-order valence-electron chi connectivity index (χ2n) is 6.27. The largest absolute Gasteiger partial charge is 0.336 e. The molecule has 0 spiro atoms. The zero-order valence-corrected chi connectivity index (χ0v) is 15.6. The highest BCUT2D eigenvalue weighted by Gasteiger charge is 2.24. The van der Waals surface area contributed by atoms with Crippen LogP contribution in [0.3, 0.4) is 0 Å². The van der Waals surface area contributed by atoms with Crippen LogP contribution in [0.15, 0.2) is 42.5 Å². The first-order valence-electron chi connectivity index (χ1n) is 8.41. The average molecular weight is 390 g/mol. The molecule has 0 saturated carbocycles. The maximum absolute atomic E-state index is 14.0. The Morgan fingerprint density at radius 1 is 1.15 bits per heavy atom. The molecule has 0 bridgehead atoms. The molecule has 1 saturated heterocycles. The van der Waals surface area contributed by atoms with Gasteiger partial charge in [0.15, 0.2) is 0 Å². The topological polar surface area (TPSA) is 36.4 Å². The molecule has 4 rings (SSSR count). The SMILES string of the molecule is O=C(c1ccc(Cl)cc1F)N1CCN(Cc2nc3ccccc3s2)CC1. The van der Waals surface area contributed by atoms with Crippen LogP contribution in [0, 0.1) is 5.82 Å². The number of rotatable bonds is 3. The van der Waals surface area contributed by atoms with Crippen LogP contribution in [0.2, 0.25) is 5.02 Å². The molecule has 1 aliphatic heterocycles. The lowest BCUT2D eigenvalue weighted by atomic mass is 10.1. The van der Waals surface area contributed by atoms with Gasteiger partial charge < -0.3 is 4.90 Å². The van der Waals surface area contributed by atoms with E-state index in [-0.39, 0.29) is 11.5 Å². The molecule has 1 aromatic heterocycles. The number of nitrogens with zero attached hydrogens (tertiary/aromatic N) is 3. The Morgan fingerprint density at radius 2 is 1.92 bits per heavy atom. The Bertz CT molecular complexity index is 920.